The lowest BCUT2D eigenvalue weighted by Crippen LogP contribution is -2.41. The molecule has 2 aromatic rings. The average molecular weight is 535 g/mol. The zero-order valence-corrected chi connectivity index (χ0v) is 21.3. The van der Waals surface area contributed by atoms with E-state index in [-0.39, 0.29) is 18.2 Å². The Morgan fingerprint density at radius 2 is 1.56 bits per heavy atom. The molecule has 0 aromatic heterocycles. The molecular formula is C26H28Cl2N2O6. The molecule has 1 aliphatic carbocycles. The van der Waals surface area contributed by atoms with E-state index in [4.69, 9.17) is 33.4 Å². The van der Waals surface area contributed by atoms with Crippen LogP contribution < -0.4 is 10.2 Å². The number of anilines is 1. The Bertz CT molecular complexity index is 1110. The van der Waals surface area contributed by atoms with Gasteiger partial charge in [0.15, 0.2) is 5.78 Å². The molecule has 2 aromatic carbocycles. The number of carbonyl (C=O) groups is 4. The van der Waals surface area contributed by atoms with E-state index in [1.165, 1.54) is 24.2 Å². The summed E-state index contributed by atoms with van der Waals surface area (Å²) in [5, 5.41) is 19.8. The Kier molecular flexibility index (Phi) is 11.6. The molecule has 0 atom stereocenters. The minimum atomic E-state index is -1.26. The smallest absolute Gasteiger partial charge is 0.328 e. The quantitative estimate of drug-likeness (QED) is 0.327. The topological polar surface area (TPSA) is 124 Å². The Labute approximate surface area is 219 Å². The number of nitrogens with zero attached hydrogens (tertiary/aromatic N) is 1. The Morgan fingerprint density at radius 1 is 0.944 bits per heavy atom. The van der Waals surface area contributed by atoms with Crippen LogP contribution in [0.4, 0.5) is 5.69 Å². The van der Waals surface area contributed by atoms with Gasteiger partial charge < -0.3 is 20.4 Å². The number of aliphatic carboxylic acids is 2. The molecule has 0 heterocycles. The summed E-state index contributed by atoms with van der Waals surface area (Å²) < 4.78 is 0. The average Bonchev–Trinajstić information content (AvgIpc) is 2.86. The molecule has 8 nitrogen and oxygen atoms in total. The first-order valence-corrected chi connectivity index (χ1v) is 12.1. The highest BCUT2D eigenvalue weighted by Gasteiger charge is 2.22. The van der Waals surface area contributed by atoms with Gasteiger partial charge in [0, 0.05) is 41.4 Å². The van der Waals surface area contributed by atoms with Gasteiger partial charge in [0.05, 0.1) is 17.3 Å². The molecule has 0 saturated heterocycles. The van der Waals surface area contributed by atoms with Gasteiger partial charge in [-0.25, -0.2) is 9.59 Å². The number of amides is 1. The number of carboxylic acids is 2. The number of carboxylic acid groups (broad SMARTS) is 2. The van der Waals surface area contributed by atoms with Gasteiger partial charge in [-0.3, -0.25) is 9.59 Å². The van der Waals surface area contributed by atoms with Crippen molar-refractivity contribution in [2.75, 3.05) is 18.5 Å². The van der Waals surface area contributed by atoms with Gasteiger partial charge in [-0.15, -0.1) is 0 Å². The van der Waals surface area contributed by atoms with Crippen LogP contribution in [0.2, 0.25) is 10.0 Å². The van der Waals surface area contributed by atoms with Crippen molar-refractivity contribution in [1.29, 1.82) is 0 Å². The molecule has 0 aliphatic heterocycles. The van der Waals surface area contributed by atoms with Gasteiger partial charge in [0.2, 0.25) is 5.91 Å². The molecule has 0 radical (unpaired) electrons. The fourth-order valence-corrected chi connectivity index (χ4v) is 4.10. The minimum absolute atomic E-state index is 0.0962. The lowest BCUT2D eigenvalue weighted by atomic mass is 9.95. The van der Waals surface area contributed by atoms with Crippen molar-refractivity contribution in [1.82, 2.24) is 5.32 Å². The van der Waals surface area contributed by atoms with Crippen LogP contribution >= 0.6 is 23.2 Å². The molecule has 3 rings (SSSR count). The fourth-order valence-electron chi connectivity index (χ4n) is 3.71. The van der Waals surface area contributed by atoms with E-state index in [1.807, 2.05) is 0 Å². The van der Waals surface area contributed by atoms with Gasteiger partial charge in [0.25, 0.3) is 0 Å². The highest BCUT2D eigenvalue weighted by molar-refractivity contribution is 6.36. The van der Waals surface area contributed by atoms with Gasteiger partial charge >= 0.3 is 11.9 Å². The van der Waals surface area contributed by atoms with Crippen LogP contribution in [0, 0.1) is 0 Å². The molecule has 0 bridgehead atoms. The van der Waals surface area contributed by atoms with Crippen molar-refractivity contribution in [2.45, 2.75) is 38.1 Å². The summed E-state index contributed by atoms with van der Waals surface area (Å²) in [6.07, 6.45) is 7.00. The molecule has 1 aliphatic rings. The highest BCUT2D eigenvalue weighted by Crippen LogP contribution is 2.28. The number of hydrogen-bond acceptors (Lipinski definition) is 5. The van der Waals surface area contributed by atoms with Gasteiger partial charge in [-0.05, 0) is 43.2 Å². The summed E-state index contributed by atoms with van der Waals surface area (Å²) in [6, 6.07) is 12.2. The van der Waals surface area contributed by atoms with Crippen LogP contribution in [-0.2, 0) is 14.4 Å². The summed E-state index contributed by atoms with van der Waals surface area (Å²) in [5.41, 5.74) is 1.26. The monoisotopic (exact) mass is 534 g/mol. The van der Waals surface area contributed by atoms with Crippen LogP contribution in [0.25, 0.3) is 0 Å². The Balaban J connectivity index is 0.000000493. The second kappa shape index (κ2) is 14.4. The predicted molar refractivity (Wildman–Crippen MR) is 139 cm³/mol. The molecule has 0 spiro atoms. The SMILES string of the molecule is CN(C(=O)CNC1CCCCC1)c1ccc(Cl)cc1C(=O)c1ccccc1Cl.O=C(O)/C=C/C(=O)O. The van der Waals surface area contributed by atoms with Crippen LogP contribution in [0.15, 0.2) is 54.6 Å². The third-order valence-corrected chi connectivity index (χ3v) is 6.14. The third-order valence-electron chi connectivity index (χ3n) is 5.57. The summed E-state index contributed by atoms with van der Waals surface area (Å²) in [6.45, 7) is 0.240. The maximum Gasteiger partial charge on any atom is 0.328 e. The first-order chi connectivity index (χ1) is 17.1. The molecular weight excluding hydrogens is 507 g/mol. The van der Waals surface area contributed by atoms with E-state index in [2.05, 4.69) is 5.32 Å². The second-order valence-corrected chi connectivity index (χ2v) is 8.99. The van der Waals surface area contributed by atoms with Crippen LogP contribution in [0.1, 0.15) is 48.0 Å². The molecule has 192 valence electrons. The number of ketones is 1. The summed E-state index contributed by atoms with van der Waals surface area (Å²) in [7, 11) is 1.68. The largest absolute Gasteiger partial charge is 0.478 e. The van der Waals surface area contributed by atoms with Crippen LogP contribution in [-0.4, -0.2) is 53.5 Å². The number of carbonyl (C=O) groups excluding carboxylic acids is 2. The number of likely N-dealkylation sites (N-methyl/N-ethyl adjacent to an activating group) is 1. The zero-order valence-electron chi connectivity index (χ0n) is 19.7. The highest BCUT2D eigenvalue weighted by atomic mass is 35.5. The van der Waals surface area contributed by atoms with E-state index in [9.17, 15) is 19.2 Å². The van der Waals surface area contributed by atoms with Crippen molar-refractivity contribution >= 4 is 52.5 Å². The summed E-state index contributed by atoms with van der Waals surface area (Å²) in [4.78, 5) is 46.4. The number of benzene rings is 2. The van der Waals surface area contributed by atoms with Gasteiger partial charge in [0.1, 0.15) is 0 Å². The maximum atomic E-state index is 13.1. The number of rotatable bonds is 8. The van der Waals surface area contributed by atoms with E-state index < -0.39 is 11.9 Å². The summed E-state index contributed by atoms with van der Waals surface area (Å²) >= 11 is 12.3. The van der Waals surface area contributed by atoms with Crippen molar-refractivity contribution in [2.24, 2.45) is 0 Å². The normalized spacial score (nSPS) is 13.5. The zero-order chi connectivity index (χ0) is 26.7. The fraction of sp³-hybridized carbons (Fsp3) is 0.308. The van der Waals surface area contributed by atoms with E-state index in [0.717, 1.165) is 12.8 Å². The maximum absolute atomic E-state index is 13.1. The molecule has 1 amide bonds. The summed E-state index contributed by atoms with van der Waals surface area (Å²) in [5.74, 6) is -2.87. The minimum Gasteiger partial charge on any atom is -0.478 e. The van der Waals surface area contributed by atoms with E-state index in [0.29, 0.717) is 45.1 Å². The molecule has 3 N–H and O–H groups in total. The lowest BCUT2D eigenvalue weighted by Gasteiger charge is -2.25. The molecule has 1 saturated carbocycles. The Hall–Kier alpha value is -3.20. The lowest BCUT2D eigenvalue weighted by molar-refractivity contribution is -0.134. The van der Waals surface area contributed by atoms with Crippen molar-refractivity contribution in [3.8, 4) is 0 Å². The number of nitrogens with one attached hydrogen (secondary N) is 1. The molecule has 36 heavy (non-hydrogen) atoms. The number of hydrogen-bond donors (Lipinski definition) is 3. The van der Waals surface area contributed by atoms with Crippen molar-refractivity contribution in [3.05, 3.63) is 75.8 Å². The van der Waals surface area contributed by atoms with Crippen molar-refractivity contribution < 1.29 is 29.4 Å². The van der Waals surface area contributed by atoms with Gasteiger partial charge in [-0.2, -0.15) is 0 Å². The van der Waals surface area contributed by atoms with Crippen LogP contribution in [0.3, 0.4) is 0 Å². The molecule has 0 unspecified atom stereocenters. The first-order valence-electron chi connectivity index (χ1n) is 11.3. The molecule has 1 fully saturated rings. The predicted octanol–water partition coefficient (Wildman–Crippen LogP) is 4.82. The third kappa shape index (κ3) is 9.11. The Morgan fingerprint density at radius 3 is 2.14 bits per heavy atom. The first kappa shape index (κ1) is 29.0. The second-order valence-electron chi connectivity index (χ2n) is 8.15. The van der Waals surface area contributed by atoms with Crippen molar-refractivity contribution in [3.63, 3.8) is 0 Å². The van der Waals surface area contributed by atoms with Crippen LogP contribution in [0.5, 0.6) is 0 Å². The van der Waals surface area contributed by atoms with E-state index in [1.54, 1.807) is 49.5 Å². The molecule has 10 heteroatoms. The number of halogens is 2. The van der Waals surface area contributed by atoms with E-state index >= 15 is 0 Å². The van der Waals surface area contributed by atoms with Gasteiger partial charge in [-0.1, -0.05) is 54.6 Å². The standard InChI is InChI=1S/C22H24Cl2N2O2.C4H4O4/c1-26(21(27)14-25-16-7-3-2-4-8-16)20-12-11-15(23)13-18(20)22(28)17-9-5-6-10-19(17)24;5-3(6)1-2-4(7)8/h5-6,9-13,16,25H,2-4,7-8,14H2,1H3;1-2H,(H,5,6)(H,7,8)/b;2-1+.